The van der Waals surface area contributed by atoms with Gasteiger partial charge in [0.1, 0.15) is 0 Å². The summed E-state index contributed by atoms with van der Waals surface area (Å²) in [5.41, 5.74) is 7.56. The molecule has 0 spiro atoms. The van der Waals surface area contributed by atoms with Crippen molar-refractivity contribution in [1.29, 1.82) is 0 Å². The second-order valence-electron chi connectivity index (χ2n) is 7.56. The number of amides is 1. The second kappa shape index (κ2) is 9.56. The maximum Gasteiger partial charge on any atom is 0.232 e. The molecule has 1 fully saturated rings. The highest BCUT2D eigenvalue weighted by Crippen LogP contribution is 2.32. The molecule has 2 atom stereocenters. The lowest BCUT2D eigenvalue weighted by Gasteiger charge is -2.29. The van der Waals surface area contributed by atoms with E-state index in [0.29, 0.717) is 21.3 Å². The lowest BCUT2D eigenvalue weighted by Crippen LogP contribution is -2.38. The largest absolute Gasteiger partial charge is 0.369 e. The highest BCUT2D eigenvalue weighted by Gasteiger charge is 2.30. The molecule has 1 aliphatic heterocycles. The number of rotatable bonds is 7. The average molecular weight is 470 g/mol. The highest BCUT2D eigenvalue weighted by atomic mass is 35.5. The molecule has 0 saturated carbocycles. The SMILES string of the molecule is CS(=O)(=O)N(Cc1cccc(Cl)c1Cl)c1ccc(C(C(N)=O)C2CCCNC2)cc1. The molecule has 1 amide bonds. The lowest BCUT2D eigenvalue weighted by atomic mass is 9.81. The van der Waals surface area contributed by atoms with E-state index in [-0.39, 0.29) is 18.4 Å². The van der Waals surface area contributed by atoms with Gasteiger partial charge in [-0.05, 0) is 61.2 Å². The third-order valence-corrected chi connectivity index (χ3v) is 7.40. The van der Waals surface area contributed by atoms with Crippen LogP contribution in [0.25, 0.3) is 0 Å². The van der Waals surface area contributed by atoms with Crippen molar-refractivity contribution >= 4 is 44.8 Å². The molecule has 2 aromatic carbocycles. The van der Waals surface area contributed by atoms with Gasteiger partial charge in [-0.3, -0.25) is 9.10 Å². The van der Waals surface area contributed by atoms with Gasteiger partial charge in [-0.2, -0.15) is 0 Å². The summed E-state index contributed by atoms with van der Waals surface area (Å²) in [6, 6.07) is 12.1. The topological polar surface area (TPSA) is 92.5 Å². The number of primary amides is 1. The Balaban J connectivity index is 1.90. The number of hydrogen-bond donors (Lipinski definition) is 2. The molecule has 0 bridgehead atoms. The van der Waals surface area contributed by atoms with Crippen molar-refractivity contribution < 1.29 is 13.2 Å². The molecule has 2 aromatic rings. The number of sulfonamides is 1. The van der Waals surface area contributed by atoms with Crippen LogP contribution in [0.5, 0.6) is 0 Å². The zero-order valence-electron chi connectivity index (χ0n) is 16.6. The quantitative estimate of drug-likeness (QED) is 0.648. The third kappa shape index (κ3) is 5.27. The first kappa shape index (κ1) is 22.9. The maximum atomic E-state index is 12.5. The van der Waals surface area contributed by atoms with Crippen LogP contribution in [0, 0.1) is 5.92 Å². The molecule has 9 heteroatoms. The van der Waals surface area contributed by atoms with Gasteiger partial charge in [0, 0.05) is 0 Å². The van der Waals surface area contributed by atoms with Gasteiger partial charge in [-0.25, -0.2) is 8.42 Å². The molecule has 3 rings (SSSR count). The summed E-state index contributed by atoms with van der Waals surface area (Å²) in [4.78, 5) is 12.1. The Kier molecular flexibility index (Phi) is 7.29. The fourth-order valence-corrected chi connectivity index (χ4v) is 5.16. The van der Waals surface area contributed by atoms with E-state index in [2.05, 4.69) is 5.32 Å². The number of nitrogens with one attached hydrogen (secondary N) is 1. The number of benzene rings is 2. The van der Waals surface area contributed by atoms with Crippen LogP contribution in [0.15, 0.2) is 42.5 Å². The number of anilines is 1. The molecular weight excluding hydrogens is 445 g/mol. The first-order chi connectivity index (χ1) is 14.2. The van der Waals surface area contributed by atoms with Crippen molar-refractivity contribution in [3.05, 3.63) is 63.6 Å². The van der Waals surface area contributed by atoms with E-state index >= 15 is 0 Å². The van der Waals surface area contributed by atoms with Crippen molar-refractivity contribution in [2.24, 2.45) is 11.7 Å². The summed E-state index contributed by atoms with van der Waals surface area (Å²) in [5, 5.41) is 3.99. The van der Waals surface area contributed by atoms with Gasteiger partial charge < -0.3 is 11.1 Å². The van der Waals surface area contributed by atoms with Crippen molar-refractivity contribution in [3.63, 3.8) is 0 Å². The summed E-state index contributed by atoms with van der Waals surface area (Å²) in [7, 11) is -3.59. The monoisotopic (exact) mass is 469 g/mol. The number of carbonyl (C=O) groups is 1. The molecular formula is C21H25Cl2N3O3S. The average Bonchev–Trinajstić information content (AvgIpc) is 2.70. The number of nitrogens with zero attached hydrogens (tertiary/aromatic N) is 1. The van der Waals surface area contributed by atoms with Crippen LogP contribution in [0.2, 0.25) is 10.0 Å². The number of carbonyl (C=O) groups excluding carboxylic acids is 1. The number of nitrogens with two attached hydrogens (primary N) is 1. The Morgan fingerprint density at radius 2 is 1.93 bits per heavy atom. The maximum absolute atomic E-state index is 12.5. The predicted octanol–water partition coefficient (Wildman–Crippen LogP) is 3.53. The van der Waals surface area contributed by atoms with E-state index in [1.807, 2.05) is 0 Å². The van der Waals surface area contributed by atoms with Crippen LogP contribution in [0.1, 0.15) is 29.9 Å². The third-order valence-electron chi connectivity index (χ3n) is 5.40. The molecule has 1 aliphatic rings. The normalized spacial score (nSPS) is 18.0. The lowest BCUT2D eigenvalue weighted by molar-refractivity contribution is -0.120. The molecule has 1 saturated heterocycles. The van der Waals surface area contributed by atoms with Crippen LogP contribution >= 0.6 is 23.2 Å². The summed E-state index contributed by atoms with van der Waals surface area (Å²) in [6.45, 7) is 1.72. The fraction of sp³-hybridized carbons (Fsp3) is 0.381. The molecule has 1 heterocycles. The van der Waals surface area contributed by atoms with Gasteiger partial charge >= 0.3 is 0 Å². The Morgan fingerprint density at radius 1 is 1.23 bits per heavy atom. The van der Waals surface area contributed by atoms with Crippen molar-refractivity contribution in [3.8, 4) is 0 Å². The van der Waals surface area contributed by atoms with Gasteiger partial charge in [0.05, 0.1) is 34.5 Å². The van der Waals surface area contributed by atoms with Crippen LogP contribution in [-0.2, 0) is 21.4 Å². The molecule has 0 aliphatic carbocycles. The van der Waals surface area contributed by atoms with Gasteiger partial charge in [0.15, 0.2) is 0 Å². The van der Waals surface area contributed by atoms with Gasteiger partial charge in [-0.1, -0.05) is 47.5 Å². The smallest absolute Gasteiger partial charge is 0.232 e. The predicted molar refractivity (Wildman–Crippen MR) is 121 cm³/mol. The summed E-state index contributed by atoms with van der Waals surface area (Å²) >= 11 is 12.3. The number of hydrogen-bond acceptors (Lipinski definition) is 4. The van der Waals surface area contributed by atoms with E-state index in [4.69, 9.17) is 28.9 Å². The van der Waals surface area contributed by atoms with Crippen molar-refractivity contribution in [1.82, 2.24) is 5.32 Å². The van der Waals surface area contributed by atoms with Crippen LogP contribution < -0.4 is 15.4 Å². The molecule has 0 radical (unpaired) electrons. The molecule has 2 unspecified atom stereocenters. The van der Waals surface area contributed by atoms with E-state index in [9.17, 15) is 13.2 Å². The van der Waals surface area contributed by atoms with Crippen LogP contribution in [0.3, 0.4) is 0 Å². The van der Waals surface area contributed by atoms with Gasteiger partial charge in [-0.15, -0.1) is 0 Å². The second-order valence-corrected chi connectivity index (χ2v) is 10.3. The highest BCUT2D eigenvalue weighted by molar-refractivity contribution is 7.92. The van der Waals surface area contributed by atoms with Crippen molar-refractivity contribution in [2.45, 2.75) is 25.3 Å². The molecule has 30 heavy (non-hydrogen) atoms. The molecule has 162 valence electrons. The molecule has 6 nitrogen and oxygen atoms in total. The van der Waals surface area contributed by atoms with Gasteiger partial charge in [0.2, 0.25) is 15.9 Å². The Labute approximate surface area is 187 Å². The number of piperidine rings is 1. The Hall–Kier alpha value is -1.80. The minimum Gasteiger partial charge on any atom is -0.369 e. The van der Waals surface area contributed by atoms with E-state index < -0.39 is 15.9 Å². The summed E-state index contributed by atoms with van der Waals surface area (Å²) in [5.74, 6) is -0.665. The van der Waals surface area contributed by atoms with E-state index in [1.54, 1.807) is 42.5 Å². The summed E-state index contributed by atoms with van der Waals surface area (Å²) < 4.78 is 26.2. The van der Waals surface area contributed by atoms with E-state index in [1.165, 1.54) is 4.31 Å². The first-order valence-corrected chi connectivity index (χ1v) is 12.3. The Bertz CT molecular complexity index is 1010. The Morgan fingerprint density at radius 3 is 2.50 bits per heavy atom. The van der Waals surface area contributed by atoms with E-state index in [0.717, 1.165) is 37.8 Å². The van der Waals surface area contributed by atoms with Crippen molar-refractivity contribution in [2.75, 3.05) is 23.7 Å². The minimum absolute atomic E-state index is 0.0450. The minimum atomic E-state index is -3.59. The van der Waals surface area contributed by atoms with Crippen LogP contribution in [-0.4, -0.2) is 33.7 Å². The standard InChI is InChI=1S/C21H25Cl2N3O3S/c1-30(28,29)26(13-16-4-2-6-18(22)20(16)23)17-9-7-14(8-10-17)19(21(24)27)15-5-3-11-25-12-15/h2,4,6-10,15,19,25H,3,5,11-13H2,1H3,(H2,24,27). The zero-order chi connectivity index (χ0) is 21.9. The summed E-state index contributed by atoms with van der Waals surface area (Å²) in [6.07, 6.45) is 3.05. The zero-order valence-corrected chi connectivity index (χ0v) is 19.0. The first-order valence-electron chi connectivity index (χ1n) is 9.69. The number of halogens is 2. The van der Waals surface area contributed by atoms with Crippen LogP contribution in [0.4, 0.5) is 5.69 Å². The fourth-order valence-electron chi connectivity index (χ4n) is 3.91. The molecule has 0 aromatic heterocycles. The molecule has 3 N–H and O–H groups in total. The van der Waals surface area contributed by atoms with Gasteiger partial charge in [0.25, 0.3) is 0 Å².